The number of rotatable bonds is 1. The molecule has 0 bridgehead atoms. The van der Waals surface area contributed by atoms with E-state index >= 15 is 0 Å². The first-order chi connectivity index (χ1) is 9.92. The van der Waals surface area contributed by atoms with E-state index in [1.54, 1.807) is 0 Å². The molecule has 0 aliphatic rings. The van der Waals surface area contributed by atoms with E-state index in [0.717, 1.165) is 11.3 Å². The Morgan fingerprint density at radius 3 is 2.43 bits per heavy atom. The molecule has 0 atom stereocenters. The van der Waals surface area contributed by atoms with E-state index in [9.17, 15) is 0 Å². The molecule has 3 aromatic carbocycles. The minimum absolute atomic E-state index is 0. The van der Waals surface area contributed by atoms with Crippen LogP contribution in [0, 0.1) is 6.07 Å². The molecule has 4 rings (SSSR count). The van der Waals surface area contributed by atoms with Gasteiger partial charge in [-0.25, -0.2) is 0 Å². The predicted octanol–water partition coefficient (Wildman–Crippen LogP) is 4.85. The van der Waals surface area contributed by atoms with Gasteiger partial charge in [-0.1, -0.05) is 42.5 Å². The van der Waals surface area contributed by atoms with Crippen molar-refractivity contribution in [1.82, 2.24) is 4.98 Å². The number of pyridine rings is 1. The molecule has 0 aliphatic heterocycles. The number of fused-ring (bicyclic) bond motifs is 3. The largest absolute Gasteiger partial charge is 0.304 e. The maximum Gasteiger partial charge on any atom is 0.0239 e. The Labute approximate surface area is 136 Å². The summed E-state index contributed by atoms with van der Waals surface area (Å²) in [6.45, 7) is 0. The van der Waals surface area contributed by atoms with E-state index in [1.165, 1.54) is 21.5 Å². The fraction of sp³-hybridized carbons (Fsp3) is 0. The molecule has 103 valence electrons. The van der Waals surface area contributed by atoms with E-state index < -0.39 is 0 Å². The van der Waals surface area contributed by atoms with Crippen LogP contribution in [0.3, 0.4) is 0 Å². The third kappa shape index (κ3) is 2.48. The minimum atomic E-state index is 0. The molecular weight excluding hydrogens is 345 g/mol. The summed E-state index contributed by atoms with van der Waals surface area (Å²) < 4.78 is 0. The molecule has 0 unspecified atom stereocenters. The monoisotopic (exact) mass is 357 g/mol. The predicted molar refractivity (Wildman–Crippen MR) is 83.5 cm³/mol. The second kappa shape index (κ2) is 5.75. The minimum Gasteiger partial charge on any atom is -0.304 e. The van der Waals surface area contributed by atoms with Crippen LogP contribution in [-0.2, 0) is 19.5 Å². The Balaban J connectivity index is 0.00000132. The van der Waals surface area contributed by atoms with Crippen molar-refractivity contribution in [2.45, 2.75) is 0 Å². The van der Waals surface area contributed by atoms with Crippen LogP contribution < -0.4 is 0 Å². The van der Waals surface area contributed by atoms with Crippen LogP contribution in [0.15, 0.2) is 72.9 Å². The molecule has 21 heavy (non-hydrogen) atoms. The molecule has 4 aromatic rings. The molecule has 0 N–H and O–H groups in total. The smallest absolute Gasteiger partial charge is 0.0239 e. The van der Waals surface area contributed by atoms with E-state index in [4.69, 9.17) is 0 Å². The second-order valence-corrected chi connectivity index (χ2v) is 4.85. The molecule has 0 aliphatic carbocycles. The normalized spacial score (nSPS) is 10.5. The van der Waals surface area contributed by atoms with Gasteiger partial charge in [0.25, 0.3) is 0 Å². The number of hydrogen-bond acceptors (Lipinski definition) is 1. The zero-order valence-electron chi connectivity index (χ0n) is 11.2. The first-order valence-corrected chi connectivity index (χ1v) is 6.66. The van der Waals surface area contributed by atoms with Crippen LogP contribution >= 0.6 is 0 Å². The van der Waals surface area contributed by atoms with Crippen molar-refractivity contribution in [2.75, 3.05) is 0 Å². The molecule has 1 radical (unpaired) electrons. The van der Waals surface area contributed by atoms with Gasteiger partial charge in [-0.3, -0.25) is 0 Å². The molecule has 1 nitrogen and oxygen atoms in total. The van der Waals surface area contributed by atoms with Crippen molar-refractivity contribution in [3.63, 3.8) is 0 Å². The molecule has 1 heterocycles. The zero-order valence-corrected chi connectivity index (χ0v) is 12.8. The van der Waals surface area contributed by atoms with Crippen molar-refractivity contribution in [3.8, 4) is 11.3 Å². The van der Waals surface area contributed by atoms with E-state index in [1.807, 2.05) is 30.5 Å². The standard InChI is InChI=1S/C19H12N.Rh/c1-2-7-15(8-3-1)19-12-18-16(13-20-19)11-10-14-6-4-5-9-17(14)18;/h1-7,9-13H;/q-1;. The average molecular weight is 357 g/mol. The molecule has 0 amide bonds. The number of aromatic nitrogens is 1. The maximum atomic E-state index is 4.55. The fourth-order valence-electron chi connectivity index (χ4n) is 2.60. The van der Waals surface area contributed by atoms with Crippen LogP contribution in [-0.4, -0.2) is 4.98 Å². The summed E-state index contributed by atoms with van der Waals surface area (Å²) in [5.74, 6) is 0. The summed E-state index contributed by atoms with van der Waals surface area (Å²) in [6, 6.07) is 26.1. The van der Waals surface area contributed by atoms with Gasteiger partial charge in [-0.15, -0.1) is 35.9 Å². The Morgan fingerprint density at radius 2 is 1.57 bits per heavy atom. The SMILES string of the molecule is [Rh].[c-]1ccccc1-c1cc2c(ccc3ccccc32)cn1. The topological polar surface area (TPSA) is 12.9 Å². The van der Waals surface area contributed by atoms with Gasteiger partial charge in [-0.2, -0.15) is 0 Å². The van der Waals surface area contributed by atoms with Gasteiger partial charge in [0.2, 0.25) is 0 Å². The third-order valence-corrected chi connectivity index (χ3v) is 3.61. The first-order valence-electron chi connectivity index (χ1n) is 6.66. The Hall–Kier alpha value is -2.05. The fourth-order valence-corrected chi connectivity index (χ4v) is 2.60. The van der Waals surface area contributed by atoms with Crippen LogP contribution in [0.1, 0.15) is 0 Å². The molecule has 1 aromatic heterocycles. The summed E-state index contributed by atoms with van der Waals surface area (Å²) in [5, 5.41) is 4.94. The van der Waals surface area contributed by atoms with Gasteiger partial charge in [0, 0.05) is 25.7 Å². The van der Waals surface area contributed by atoms with Crippen LogP contribution in [0.4, 0.5) is 0 Å². The zero-order chi connectivity index (χ0) is 13.4. The summed E-state index contributed by atoms with van der Waals surface area (Å²) in [4.78, 5) is 4.55. The van der Waals surface area contributed by atoms with Gasteiger partial charge in [0.1, 0.15) is 0 Å². The number of nitrogens with zero attached hydrogens (tertiary/aromatic N) is 1. The van der Waals surface area contributed by atoms with Crippen molar-refractivity contribution in [1.29, 1.82) is 0 Å². The average Bonchev–Trinajstić information content (AvgIpc) is 2.55. The third-order valence-electron chi connectivity index (χ3n) is 3.61. The number of hydrogen-bond donors (Lipinski definition) is 0. The van der Waals surface area contributed by atoms with Gasteiger partial charge in [0.15, 0.2) is 0 Å². The Bertz CT molecular complexity index is 901. The van der Waals surface area contributed by atoms with Crippen LogP contribution in [0.25, 0.3) is 32.8 Å². The summed E-state index contributed by atoms with van der Waals surface area (Å²) >= 11 is 0. The summed E-state index contributed by atoms with van der Waals surface area (Å²) in [6.07, 6.45) is 1.94. The molecule has 0 spiro atoms. The quantitative estimate of drug-likeness (QED) is 0.270. The van der Waals surface area contributed by atoms with Crippen LogP contribution in [0.2, 0.25) is 0 Å². The van der Waals surface area contributed by atoms with Gasteiger partial charge in [-0.05, 0) is 27.2 Å². The Kier molecular flexibility index (Phi) is 3.81. The summed E-state index contributed by atoms with van der Waals surface area (Å²) in [5.41, 5.74) is 2.00. The number of benzene rings is 3. The van der Waals surface area contributed by atoms with Crippen molar-refractivity contribution >= 4 is 21.5 Å². The molecule has 0 saturated carbocycles. The van der Waals surface area contributed by atoms with E-state index in [2.05, 4.69) is 53.5 Å². The summed E-state index contributed by atoms with van der Waals surface area (Å²) in [7, 11) is 0. The van der Waals surface area contributed by atoms with Crippen molar-refractivity contribution in [3.05, 3.63) is 79.0 Å². The maximum absolute atomic E-state index is 4.55. The van der Waals surface area contributed by atoms with E-state index in [-0.39, 0.29) is 19.5 Å². The van der Waals surface area contributed by atoms with Gasteiger partial charge < -0.3 is 4.98 Å². The van der Waals surface area contributed by atoms with Gasteiger partial charge >= 0.3 is 0 Å². The van der Waals surface area contributed by atoms with Crippen LogP contribution in [0.5, 0.6) is 0 Å². The molecule has 2 heteroatoms. The first kappa shape index (κ1) is 13.9. The van der Waals surface area contributed by atoms with Crippen molar-refractivity contribution in [2.24, 2.45) is 0 Å². The van der Waals surface area contributed by atoms with Gasteiger partial charge in [0.05, 0.1) is 0 Å². The molecular formula is C19H12NRh-. The Morgan fingerprint density at radius 1 is 0.762 bits per heavy atom. The van der Waals surface area contributed by atoms with E-state index in [0.29, 0.717) is 0 Å². The molecule has 0 fully saturated rings. The molecule has 0 saturated heterocycles. The second-order valence-electron chi connectivity index (χ2n) is 4.85. The van der Waals surface area contributed by atoms with Crippen molar-refractivity contribution < 1.29 is 19.5 Å².